The van der Waals surface area contributed by atoms with Crippen molar-refractivity contribution in [3.8, 4) is 0 Å². The number of aliphatic hydroxyl groups excluding tert-OH is 1. The highest BCUT2D eigenvalue weighted by atomic mass is 16.4. The number of likely N-dealkylation sites (tertiary alicyclic amines) is 1. The lowest BCUT2D eigenvalue weighted by Crippen LogP contribution is -2.58. The number of hydrogen-bond donors (Lipinski definition) is 2. The van der Waals surface area contributed by atoms with Crippen LogP contribution < -0.4 is 0 Å². The Labute approximate surface area is 113 Å². The lowest BCUT2D eigenvalue weighted by molar-refractivity contribution is -0.158. The van der Waals surface area contributed by atoms with Crippen molar-refractivity contribution >= 4 is 5.97 Å². The van der Waals surface area contributed by atoms with Gasteiger partial charge in [-0.2, -0.15) is 0 Å². The van der Waals surface area contributed by atoms with E-state index in [0.29, 0.717) is 13.0 Å². The molecule has 1 aliphatic heterocycles. The van der Waals surface area contributed by atoms with E-state index in [9.17, 15) is 15.0 Å². The molecule has 104 valence electrons. The van der Waals surface area contributed by atoms with Crippen LogP contribution in [0.5, 0.6) is 0 Å². The number of rotatable bonds is 4. The molecule has 1 saturated heterocycles. The van der Waals surface area contributed by atoms with Crippen LogP contribution >= 0.6 is 0 Å². The molecule has 3 unspecified atom stereocenters. The minimum atomic E-state index is -1.16. The van der Waals surface area contributed by atoms with Crippen LogP contribution in [-0.4, -0.2) is 38.8 Å². The molecule has 1 fully saturated rings. The number of carboxylic acids is 1. The maximum Gasteiger partial charge on any atom is 0.326 e. The number of nitrogens with zero attached hydrogens (tertiary/aromatic N) is 1. The number of hydrogen-bond acceptors (Lipinski definition) is 3. The third-order valence-electron chi connectivity index (χ3n) is 4.25. The molecule has 3 atom stereocenters. The molecule has 0 bridgehead atoms. The molecular formula is C15H21NO3. The number of aliphatic carboxylic acids is 1. The Balaban J connectivity index is 2.31. The van der Waals surface area contributed by atoms with E-state index in [4.69, 9.17) is 0 Å². The molecule has 1 heterocycles. The van der Waals surface area contributed by atoms with Gasteiger partial charge in [-0.15, -0.1) is 0 Å². The first-order valence-corrected chi connectivity index (χ1v) is 6.70. The minimum Gasteiger partial charge on any atom is -0.480 e. The van der Waals surface area contributed by atoms with E-state index < -0.39 is 17.6 Å². The fourth-order valence-electron chi connectivity index (χ4n) is 3.06. The van der Waals surface area contributed by atoms with Gasteiger partial charge < -0.3 is 10.2 Å². The Morgan fingerprint density at radius 1 is 1.47 bits per heavy atom. The fourth-order valence-corrected chi connectivity index (χ4v) is 3.06. The van der Waals surface area contributed by atoms with Crippen LogP contribution in [0.3, 0.4) is 0 Å². The van der Waals surface area contributed by atoms with E-state index in [-0.39, 0.29) is 6.04 Å². The van der Waals surface area contributed by atoms with E-state index in [1.165, 1.54) is 0 Å². The third kappa shape index (κ3) is 2.38. The summed E-state index contributed by atoms with van der Waals surface area (Å²) in [5, 5.41) is 19.6. The summed E-state index contributed by atoms with van der Waals surface area (Å²) in [7, 11) is 0. The van der Waals surface area contributed by atoms with Gasteiger partial charge in [0, 0.05) is 12.6 Å². The molecule has 0 radical (unpaired) electrons. The summed E-state index contributed by atoms with van der Waals surface area (Å²) in [4.78, 5) is 13.6. The summed E-state index contributed by atoms with van der Waals surface area (Å²) < 4.78 is 0. The molecule has 2 rings (SSSR count). The number of aliphatic hydroxyl groups is 1. The Bertz CT molecular complexity index is 446. The molecule has 0 spiro atoms. The maximum absolute atomic E-state index is 11.7. The second-order valence-corrected chi connectivity index (χ2v) is 5.41. The van der Waals surface area contributed by atoms with Gasteiger partial charge in [-0.05, 0) is 32.3 Å². The van der Waals surface area contributed by atoms with Gasteiger partial charge in [-0.3, -0.25) is 9.69 Å². The molecule has 1 aromatic carbocycles. The van der Waals surface area contributed by atoms with E-state index >= 15 is 0 Å². The van der Waals surface area contributed by atoms with Crippen LogP contribution in [0, 0.1) is 0 Å². The molecule has 4 nitrogen and oxygen atoms in total. The quantitative estimate of drug-likeness (QED) is 0.870. The van der Waals surface area contributed by atoms with Crippen molar-refractivity contribution in [1.29, 1.82) is 0 Å². The van der Waals surface area contributed by atoms with Crippen LogP contribution in [0.25, 0.3) is 0 Å². The van der Waals surface area contributed by atoms with Gasteiger partial charge in [0.05, 0.1) is 6.10 Å². The SMILES string of the molecule is CC1CCC(C(=O)O)(C(C)O)N1Cc1ccccc1. The minimum absolute atomic E-state index is 0.158. The normalized spacial score (nSPS) is 29.3. The van der Waals surface area contributed by atoms with Gasteiger partial charge >= 0.3 is 5.97 Å². The summed E-state index contributed by atoms with van der Waals surface area (Å²) in [5.74, 6) is -0.928. The first kappa shape index (κ1) is 14.0. The van der Waals surface area contributed by atoms with Crippen molar-refractivity contribution in [2.45, 2.75) is 50.9 Å². The maximum atomic E-state index is 11.7. The van der Waals surface area contributed by atoms with Crippen LogP contribution in [-0.2, 0) is 11.3 Å². The van der Waals surface area contributed by atoms with Crippen LogP contribution in [0.4, 0.5) is 0 Å². The summed E-state index contributed by atoms with van der Waals surface area (Å²) in [6.45, 7) is 4.15. The topological polar surface area (TPSA) is 60.8 Å². The molecule has 19 heavy (non-hydrogen) atoms. The summed E-state index contributed by atoms with van der Waals surface area (Å²) in [6, 6.07) is 9.96. The average Bonchev–Trinajstić information content (AvgIpc) is 2.70. The number of carboxylic acid groups (broad SMARTS) is 1. The molecule has 0 aromatic heterocycles. The van der Waals surface area contributed by atoms with Crippen LogP contribution in [0.1, 0.15) is 32.3 Å². The predicted octanol–water partition coefficient (Wildman–Crippen LogP) is 1.88. The number of benzene rings is 1. The summed E-state index contributed by atoms with van der Waals surface area (Å²) in [5.41, 5.74) is -0.0857. The highest BCUT2D eigenvalue weighted by Gasteiger charge is 2.53. The van der Waals surface area contributed by atoms with Gasteiger partial charge in [-0.25, -0.2) is 0 Å². The first-order valence-electron chi connectivity index (χ1n) is 6.70. The van der Waals surface area contributed by atoms with Gasteiger partial charge in [0.2, 0.25) is 0 Å². The van der Waals surface area contributed by atoms with Crippen molar-refractivity contribution in [1.82, 2.24) is 4.90 Å². The third-order valence-corrected chi connectivity index (χ3v) is 4.25. The van der Waals surface area contributed by atoms with E-state index in [0.717, 1.165) is 12.0 Å². The fraction of sp³-hybridized carbons (Fsp3) is 0.533. The Hall–Kier alpha value is -1.39. The largest absolute Gasteiger partial charge is 0.480 e. The molecular weight excluding hydrogens is 242 g/mol. The number of carbonyl (C=O) groups is 1. The zero-order chi connectivity index (χ0) is 14.0. The molecule has 0 saturated carbocycles. The smallest absolute Gasteiger partial charge is 0.326 e. The molecule has 4 heteroatoms. The lowest BCUT2D eigenvalue weighted by atomic mass is 9.90. The first-order chi connectivity index (χ1) is 8.98. The Kier molecular flexibility index (Phi) is 3.92. The highest BCUT2D eigenvalue weighted by Crippen LogP contribution is 2.38. The van der Waals surface area contributed by atoms with Crippen molar-refractivity contribution in [3.05, 3.63) is 35.9 Å². The lowest BCUT2D eigenvalue weighted by Gasteiger charge is -2.39. The van der Waals surface area contributed by atoms with Gasteiger partial charge in [0.1, 0.15) is 5.54 Å². The molecule has 0 amide bonds. The highest BCUT2D eigenvalue weighted by molar-refractivity contribution is 5.80. The monoisotopic (exact) mass is 263 g/mol. The van der Waals surface area contributed by atoms with E-state index in [1.54, 1.807) is 6.92 Å². The zero-order valence-electron chi connectivity index (χ0n) is 11.4. The standard InChI is InChI=1S/C15H21NO3/c1-11-8-9-15(12(2)17,14(18)19)16(11)10-13-6-4-3-5-7-13/h3-7,11-12,17H,8-10H2,1-2H3,(H,18,19). The van der Waals surface area contributed by atoms with Crippen LogP contribution in [0.2, 0.25) is 0 Å². The van der Waals surface area contributed by atoms with Crippen LogP contribution in [0.15, 0.2) is 30.3 Å². The van der Waals surface area contributed by atoms with Crippen molar-refractivity contribution < 1.29 is 15.0 Å². The zero-order valence-corrected chi connectivity index (χ0v) is 11.4. The van der Waals surface area contributed by atoms with Crippen molar-refractivity contribution in [3.63, 3.8) is 0 Å². The second-order valence-electron chi connectivity index (χ2n) is 5.41. The van der Waals surface area contributed by atoms with E-state index in [1.807, 2.05) is 42.2 Å². The molecule has 1 aliphatic rings. The van der Waals surface area contributed by atoms with Gasteiger partial charge in [-0.1, -0.05) is 30.3 Å². The van der Waals surface area contributed by atoms with E-state index in [2.05, 4.69) is 0 Å². The Morgan fingerprint density at radius 3 is 2.63 bits per heavy atom. The predicted molar refractivity (Wildman–Crippen MR) is 72.7 cm³/mol. The molecule has 2 N–H and O–H groups in total. The summed E-state index contributed by atoms with van der Waals surface area (Å²) >= 11 is 0. The van der Waals surface area contributed by atoms with Gasteiger partial charge in [0.25, 0.3) is 0 Å². The van der Waals surface area contributed by atoms with Crippen molar-refractivity contribution in [2.75, 3.05) is 0 Å². The summed E-state index contributed by atoms with van der Waals surface area (Å²) in [6.07, 6.45) is 0.400. The molecule has 0 aliphatic carbocycles. The second kappa shape index (κ2) is 5.31. The van der Waals surface area contributed by atoms with Crippen molar-refractivity contribution in [2.24, 2.45) is 0 Å². The molecule has 1 aromatic rings. The average molecular weight is 263 g/mol. The Morgan fingerprint density at radius 2 is 2.11 bits per heavy atom. The van der Waals surface area contributed by atoms with Gasteiger partial charge in [0.15, 0.2) is 0 Å².